The van der Waals surface area contributed by atoms with Gasteiger partial charge in [0.15, 0.2) is 0 Å². The van der Waals surface area contributed by atoms with Crippen molar-refractivity contribution in [3.05, 3.63) is 23.8 Å². The molecule has 0 aromatic heterocycles. The second-order valence-electron chi connectivity index (χ2n) is 11.2. The van der Waals surface area contributed by atoms with Crippen LogP contribution < -0.4 is 10.2 Å². The molecule has 2 aliphatic rings. The largest absolute Gasteiger partial charge is 0.496 e. The molecule has 1 atom stereocenters. The van der Waals surface area contributed by atoms with Crippen molar-refractivity contribution in [1.29, 1.82) is 0 Å². The Labute approximate surface area is 204 Å². The molecule has 0 spiro atoms. The lowest BCUT2D eigenvalue weighted by Crippen LogP contribution is -2.56. The lowest BCUT2D eigenvalue weighted by atomic mass is 9.78. The number of carbonyl (C=O) groups excluding carboxylic acids is 2. The normalized spacial score (nSPS) is 22.0. The third-order valence-electron chi connectivity index (χ3n) is 6.79. The first-order chi connectivity index (χ1) is 15.6. The summed E-state index contributed by atoms with van der Waals surface area (Å²) in [5.74, 6) is 0.623. The van der Waals surface area contributed by atoms with E-state index in [9.17, 15) is 9.59 Å². The highest BCUT2D eigenvalue weighted by atomic mass is 16.7. The van der Waals surface area contributed by atoms with Crippen molar-refractivity contribution < 1.29 is 28.4 Å². The van der Waals surface area contributed by atoms with Crippen molar-refractivity contribution in [2.45, 2.75) is 84.7 Å². The van der Waals surface area contributed by atoms with Crippen molar-refractivity contribution >= 4 is 24.6 Å². The predicted octanol–water partition coefficient (Wildman–Crippen LogP) is 3.00. The van der Waals surface area contributed by atoms with E-state index in [0.29, 0.717) is 25.4 Å². The minimum atomic E-state index is -0.549. The maximum Gasteiger partial charge on any atom is 0.494 e. The first-order valence-electron chi connectivity index (χ1n) is 11.9. The zero-order chi connectivity index (χ0) is 25.5. The van der Waals surface area contributed by atoms with Crippen LogP contribution in [0.1, 0.15) is 61.0 Å². The van der Waals surface area contributed by atoms with Gasteiger partial charge >= 0.3 is 13.2 Å². The summed E-state index contributed by atoms with van der Waals surface area (Å²) in [5.41, 5.74) is 0.239. The summed E-state index contributed by atoms with van der Waals surface area (Å²) >= 11 is 0. The maximum absolute atomic E-state index is 13.1. The van der Waals surface area contributed by atoms with Gasteiger partial charge in [0.1, 0.15) is 11.4 Å². The van der Waals surface area contributed by atoms with Crippen molar-refractivity contribution in [1.82, 2.24) is 9.80 Å². The number of hydrogen-bond donors (Lipinski definition) is 0. The minimum Gasteiger partial charge on any atom is -0.496 e. The van der Waals surface area contributed by atoms with Crippen LogP contribution in [0.25, 0.3) is 0 Å². The van der Waals surface area contributed by atoms with E-state index in [2.05, 4.69) is 0 Å². The van der Waals surface area contributed by atoms with Crippen LogP contribution in [-0.2, 0) is 25.3 Å². The van der Waals surface area contributed by atoms with E-state index in [1.165, 1.54) is 0 Å². The molecule has 3 rings (SSSR count). The zero-order valence-electron chi connectivity index (χ0n) is 22.1. The van der Waals surface area contributed by atoms with Crippen LogP contribution in [0, 0.1) is 0 Å². The summed E-state index contributed by atoms with van der Waals surface area (Å²) in [6.07, 6.45) is -0.126. The molecule has 9 heteroatoms. The lowest BCUT2D eigenvalue weighted by Gasteiger charge is -2.40. The first-order valence-corrected chi connectivity index (χ1v) is 11.9. The van der Waals surface area contributed by atoms with Gasteiger partial charge in [-0.25, -0.2) is 4.79 Å². The SMILES string of the molecule is COc1cc(B2OC(C)(C)C(C)(C)O2)ccc1CC(=O)N1CCN(C(=O)OC(C)(C)C)[C@H](C)C1. The third-order valence-corrected chi connectivity index (χ3v) is 6.79. The van der Waals surface area contributed by atoms with Crippen molar-refractivity contribution in [2.24, 2.45) is 0 Å². The summed E-state index contributed by atoms with van der Waals surface area (Å²) in [4.78, 5) is 29.0. The van der Waals surface area contributed by atoms with Gasteiger partial charge in [0.25, 0.3) is 0 Å². The average molecular weight is 474 g/mol. The molecule has 2 amide bonds. The van der Waals surface area contributed by atoms with Gasteiger partial charge in [-0.05, 0) is 66.9 Å². The molecule has 188 valence electrons. The van der Waals surface area contributed by atoms with E-state index in [4.69, 9.17) is 18.8 Å². The number of carbonyl (C=O) groups is 2. The summed E-state index contributed by atoms with van der Waals surface area (Å²) < 4.78 is 23.4. The summed E-state index contributed by atoms with van der Waals surface area (Å²) in [6, 6.07) is 5.59. The predicted molar refractivity (Wildman–Crippen MR) is 131 cm³/mol. The topological polar surface area (TPSA) is 77.5 Å². The molecule has 0 bridgehead atoms. The van der Waals surface area contributed by atoms with Gasteiger partial charge in [0.05, 0.1) is 24.7 Å². The number of rotatable bonds is 4. The van der Waals surface area contributed by atoms with Gasteiger partial charge in [-0.15, -0.1) is 0 Å². The molecule has 1 aromatic carbocycles. The molecule has 0 N–H and O–H groups in total. The monoisotopic (exact) mass is 474 g/mol. The van der Waals surface area contributed by atoms with Crippen LogP contribution in [0.3, 0.4) is 0 Å². The number of nitrogens with zero attached hydrogens (tertiary/aromatic N) is 2. The Kier molecular flexibility index (Phi) is 7.30. The Bertz CT molecular complexity index is 910. The van der Waals surface area contributed by atoms with E-state index >= 15 is 0 Å². The van der Waals surface area contributed by atoms with Gasteiger partial charge < -0.3 is 28.6 Å². The molecule has 0 saturated carbocycles. The summed E-state index contributed by atoms with van der Waals surface area (Å²) in [5, 5.41) is 0. The van der Waals surface area contributed by atoms with Crippen LogP contribution in [0.5, 0.6) is 5.75 Å². The fraction of sp³-hybridized carbons (Fsp3) is 0.680. The fourth-order valence-electron chi connectivity index (χ4n) is 4.08. The number of benzene rings is 1. The molecule has 2 saturated heterocycles. The smallest absolute Gasteiger partial charge is 0.494 e. The summed E-state index contributed by atoms with van der Waals surface area (Å²) in [7, 11) is 1.10. The van der Waals surface area contributed by atoms with Gasteiger partial charge in [0, 0.05) is 31.2 Å². The Hall–Kier alpha value is -2.26. The average Bonchev–Trinajstić information content (AvgIpc) is 2.93. The Balaban J connectivity index is 1.65. The number of methoxy groups -OCH3 is 1. The van der Waals surface area contributed by atoms with Crippen LogP contribution in [0.4, 0.5) is 4.79 Å². The molecule has 0 unspecified atom stereocenters. The lowest BCUT2D eigenvalue weighted by molar-refractivity contribution is -0.133. The van der Waals surface area contributed by atoms with E-state index in [1.807, 2.05) is 73.6 Å². The molecule has 2 fully saturated rings. The molecule has 0 radical (unpaired) electrons. The van der Waals surface area contributed by atoms with Gasteiger partial charge in [0.2, 0.25) is 5.91 Å². The highest BCUT2D eigenvalue weighted by Gasteiger charge is 2.51. The minimum absolute atomic E-state index is 0.00243. The Morgan fingerprint density at radius 3 is 2.26 bits per heavy atom. The van der Waals surface area contributed by atoms with Gasteiger partial charge in [-0.2, -0.15) is 0 Å². The fourth-order valence-corrected chi connectivity index (χ4v) is 4.08. The maximum atomic E-state index is 13.1. The van der Waals surface area contributed by atoms with Crippen LogP contribution >= 0.6 is 0 Å². The highest BCUT2D eigenvalue weighted by molar-refractivity contribution is 6.62. The van der Waals surface area contributed by atoms with Crippen molar-refractivity contribution in [2.75, 3.05) is 26.7 Å². The molecular formula is C25H39BN2O6. The van der Waals surface area contributed by atoms with Crippen molar-refractivity contribution in [3.8, 4) is 5.75 Å². The van der Waals surface area contributed by atoms with Crippen LogP contribution in [0.2, 0.25) is 0 Å². The second-order valence-corrected chi connectivity index (χ2v) is 11.2. The molecule has 1 aromatic rings. The van der Waals surface area contributed by atoms with E-state index in [1.54, 1.807) is 16.9 Å². The van der Waals surface area contributed by atoms with E-state index in [-0.39, 0.29) is 24.5 Å². The van der Waals surface area contributed by atoms with Gasteiger partial charge in [-0.3, -0.25) is 4.79 Å². The molecule has 2 heterocycles. The highest BCUT2D eigenvalue weighted by Crippen LogP contribution is 2.36. The van der Waals surface area contributed by atoms with Crippen LogP contribution in [0.15, 0.2) is 18.2 Å². The molecule has 8 nitrogen and oxygen atoms in total. The second kappa shape index (κ2) is 9.42. The molecule has 2 aliphatic heterocycles. The number of hydrogen-bond acceptors (Lipinski definition) is 6. The number of piperazine rings is 1. The van der Waals surface area contributed by atoms with Crippen molar-refractivity contribution in [3.63, 3.8) is 0 Å². The summed E-state index contributed by atoms with van der Waals surface area (Å²) in [6.45, 7) is 16.9. The first kappa shape index (κ1) is 26.4. The number of ether oxygens (including phenoxy) is 2. The zero-order valence-corrected chi connectivity index (χ0v) is 22.1. The Morgan fingerprint density at radius 1 is 1.12 bits per heavy atom. The molecule has 0 aliphatic carbocycles. The molecular weight excluding hydrogens is 435 g/mol. The quantitative estimate of drug-likeness (QED) is 0.625. The van der Waals surface area contributed by atoms with E-state index < -0.39 is 23.9 Å². The molecule has 34 heavy (non-hydrogen) atoms. The Morgan fingerprint density at radius 2 is 1.74 bits per heavy atom. The number of amides is 2. The standard InChI is InChI=1S/C25H39BN2O6/c1-17-16-27(12-13-28(17)22(30)32-23(2,3)4)21(29)14-18-10-11-19(15-20(18)31-9)26-33-24(5,6)25(7,8)34-26/h10-11,15,17H,12-14,16H2,1-9H3/t17-/m1/s1. The van der Waals surface area contributed by atoms with E-state index in [0.717, 1.165) is 11.0 Å². The third kappa shape index (κ3) is 5.69. The van der Waals surface area contributed by atoms with Gasteiger partial charge in [-0.1, -0.05) is 12.1 Å². The van der Waals surface area contributed by atoms with Crippen LogP contribution in [-0.4, -0.2) is 78.5 Å².